The minimum absolute atomic E-state index is 0.000916. The summed E-state index contributed by atoms with van der Waals surface area (Å²) in [5.74, 6) is -4.40. The van der Waals surface area contributed by atoms with Gasteiger partial charge in [0.25, 0.3) is 11.8 Å². The van der Waals surface area contributed by atoms with E-state index < -0.39 is 35.3 Å². The highest BCUT2D eigenvalue weighted by Crippen LogP contribution is 2.21. The van der Waals surface area contributed by atoms with Crippen LogP contribution in [0.4, 0.5) is 0 Å². The van der Waals surface area contributed by atoms with Gasteiger partial charge in [0, 0.05) is 13.1 Å². The second-order valence-corrected chi connectivity index (χ2v) is 5.55. The first-order valence-electron chi connectivity index (χ1n) is 8.08. The molecule has 2 aliphatic rings. The van der Waals surface area contributed by atoms with Crippen LogP contribution in [0.25, 0.3) is 0 Å². The Morgan fingerprint density at radius 3 is 1.50 bits per heavy atom. The maximum Gasteiger partial charge on any atom is 0.339 e. The highest BCUT2D eigenvalue weighted by molar-refractivity contribution is 6.06. The smallest absolute Gasteiger partial charge is 0.339 e. The summed E-state index contributed by atoms with van der Waals surface area (Å²) in [6.07, 6.45) is 0. The van der Waals surface area contributed by atoms with Crippen molar-refractivity contribution in [3.8, 4) is 0 Å². The quantitative estimate of drug-likeness (QED) is 0.570. The van der Waals surface area contributed by atoms with E-state index in [0.717, 1.165) is 0 Å². The molecule has 2 rings (SSSR count). The number of ether oxygens (including phenoxy) is 2. The fraction of sp³-hybridized carbons (Fsp3) is 0.500. The van der Waals surface area contributed by atoms with E-state index in [1.807, 2.05) is 0 Å². The molecule has 0 unspecified atom stereocenters. The lowest BCUT2D eigenvalue weighted by Gasteiger charge is -2.21. The first-order chi connectivity index (χ1) is 12.3. The van der Waals surface area contributed by atoms with E-state index in [4.69, 9.17) is 9.47 Å². The molecule has 0 bridgehead atoms. The molecule has 0 spiro atoms. The molecule has 0 aliphatic carbocycles. The van der Waals surface area contributed by atoms with Gasteiger partial charge < -0.3 is 29.5 Å². The SMILES string of the molecule is CCOC(=O)C1=C(O)C(=O)N(CCN2CC(C(=O)OCC)=C(O)C2=O)C1. The monoisotopic (exact) mass is 368 g/mol. The number of hydrogen-bond donors (Lipinski definition) is 2. The van der Waals surface area contributed by atoms with Crippen LogP contribution < -0.4 is 0 Å². The zero-order valence-corrected chi connectivity index (χ0v) is 14.5. The van der Waals surface area contributed by atoms with Crippen molar-refractivity contribution in [3.63, 3.8) is 0 Å². The Morgan fingerprint density at radius 2 is 1.19 bits per heavy atom. The fourth-order valence-corrected chi connectivity index (χ4v) is 2.59. The standard InChI is InChI=1S/C16H20N2O8/c1-3-25-15(23)9-7-17(13(21)11(9)19)5-6-18-8-10(12(20)14(18)22)16(24)26-4-2/h19-20H,3-8H2,1-2H3. The topological polar surface area (TPSA) is 134 Å². The third kappa shape index (κ3) is 3.63. The van der Waals surface area contributed by atoms with E-state index in [1.165, 1.54) is 9.80 Å². The van der Waals surface area contributed by atoms with Crippen LogP contribution >= 0.6 is 0 Å². The van der Waals surface area contributed by atoms with Crippen LogP contribution in [0.15, 0.2) is 22.7 Å². The zero-order valence-electron chi connectivity index (χ0n) is 14.5. The van der Waals surface area contributed by atoms with Gasteiger partial charge in [-0.05, 0) is 13.8 Å². The van der Waals surface area contributed by atoms with Crippen molar-refractivity contribution in [1.82, 2.24) is 9.80 Å². The van der Waals surface area contributed by atoms with E-state index in [9.17, 15) is 29.4 Å². The van der Waals surface area contributed by atoms with Crippen molar-refractivity contribution in [2.45, 2.75) is 13.8 Å². The van der Waals surface area contributed by atoms with Gasteiger partial charge in [0.1, 0.15) is 11.1 Å². The van der Waals surface area contributed by atoms with Crippen LogP contribution in [0, 0.1) is 0 Å². The van der Waals surface area contributed by atoms with Crippen LogP contribution in [0.5, 0.6) is 0 Å². The van der Waals surface area contributed by atoms with Crippen LogP contribution in [-0.2, 0) is 28.7 Å². The minimum atomic E-state index is -0.776. The molecule has 0 saturated heterocycles. The lowest BCUT2D eigenvalue weighted by molar-refractivity contribution is -0.139. The highest BCUT2D eigenvalue weighted by Gasteiger charge is 2.37. The summed E-state index contributed by atoms with van der Waals surface area (Å²) in [6.45, 7) is 3.13. The maximum atomic E-state index is 12.0. The lowest BCUT2D eigenvalue weighted by atomic mass is 10.2. The Hall–Kier alpha value is -3.04. The Morgan fingerprint density at radius 1 is 0.846 bits per heavy atom. The molecular formula is C16H20N2O8. The number of rotatable bonds is 7. The second kappa shape index (κ2) is 7.89. The summed E-state index contributed by atoms with van der Waals surface area (Å²) in [4.78, 5) is 49.8. The fourth-order valence-electron chi connectivity index (χ4n) is 2.59. The van der Waals surface area contributed by atoms with Crippen molar-refractivity contribution in [3.05, 3.63) is 22.7 Å². The molecule has 2 heterocycles. The van der Waals surface area contributed by atoms with Crippen molar-refractivity contribution < 1.29 is 38.9 Å². The summed E-state index contributed by atoms with van der Waals surface area (Å²) in [5, 5.41) is 19.6. The van der Waals surface area contributed by atoms with Crippen LogP contribution in [0.2, 0.25) is 0 Å². The van der Waals surface area contributed by atoms with Crippen LogP contribution in [0.1, 0.15) is 13.8 Å². The average molecular weight is 368 g/mol. The summed E-state index contributed by atoms with van der Waals surface area (Å²) in [7, 11) is 0. The number of carbonyl (C=O) groups is 4. The average Bonchev–Trinajstić information content (AvgIpc) is 3.05. The summed E-state index contributed by atoms with van der Waals surface area (Å²) in [6, 6.07) is 0. The van der Waals surface area contributed by atoms with E-state index in [2.05, 4.69) is 0 Å². The first kappa shape index (κ1) is 19.3. The van der Waals surface area contributed by atoms with Crippen molar-refractivity contribution in [1.29, 1.82) is 0 Å². The molecule has 10 heteroatoms. The Labute approximate surface area is 149 Å². The molecule has 0 fully saturated rings. The third-order valence-corrected chi connectivity index (χ3v) is 3.93. The Balaban J connectivity index is 1.95. The summed E-state index contributed by atoms with van der Waals surface area (Å²) in [5.41, 5.74) is -0.282. The van der Waals surface area contributed by atoms with E-state index in [1.54, 1.807) is 13.8 Å². The van der Waals surface area contributed by atoms with Gasteiger partial charge in [0.2, 0.25) is 0 Å². The van der Waals surface area contributed by atoms with Crippen molar-refractivity contribution in [2.24, 2.45) is 0 Å². The van der Waals surface area contributed by atoms with Gasteiger partial charge in [-0.25, -0.2) is 9.59 Å². The van der Waals surface area contributed by atoms with Crippen molar-refractivity contribution in [2.75, 3.05) is 39.4 Å². The van der Waals surface area contributed by atoms with Crippen molar-refractivity contribution >= 4 is 23.8 Å². The second-order valence-electron chi connectivity index (χ2n) is 5.55. The number of amides is 2. The molecule has 0 atom stereocenters. The number of hydrogen-bond acceptors (Lipinski definition) is 8. The third-order valence-electron chi connectivity index (χ3n) is 3.93. The number of nitrogens with zero attached hydrogens (tertiary/aromatic N) is 2. The largest absolute Gasteiger partial charge is 0.503 e. The van der Waals surface area contributed by atoms with Crippen LogP contribution in [0.3, 0.4) is 0 Å². The van der Waals surface area contributed by atoms with Gasteiger partial charge in [0.15, 0.2) is 11.5 Å². The van der Waals surface area contributed by atoms with Gasteiger partial charge in [-0.3, -0.25) is 9.59 Å². The highest BCUT2D eigenvalue weighted by atomic mass is 16.5. The molecule has 0 aromatic carbocycles. The molecule has 0 aromatic heterocycles. The predicted molar refractivity (Wildman–Crippen MR) is 85.7 cm³/mol. The Kier molecular flexibility index (Phi) is 5.86. The van der Waals surface area contributed by atoms with E-state index in [0.29, 0.717) is 0 Å². The molecule has 2 N–H and O–H groups in total. The first-order valence-corrected chi connectivity index (χ1v) is 8.08. The molecule has 26 heavy (non-hydrogen) atoms. The molecule has 0 aromatic rings. The van der Waals surface area contributed by atoms with Gasteiger partial charge in [-0.2, -0.15) is 0 Å². The predicted octanol–water partition coefficient (Wildman–Crippen LogP) is -0.579. The summed E-state index contributed by atoms with van der Waals surface area (Å²) < 4.78 is 9.55. The molecule has 0 radical (unpaired) electrons. The molecular weight excluding hydrogens is 348 g/mol. The molecule has 2 amide bonds. The molecule has 142 valence electrons. The van der Waals surface area contributed by atoms with E-state index >= 15 is 0 Å². The molecule has 0 saturated carbocycles. The Bertz CT molecular complexity index is 649. The number of carbonyl (C=O) groups excluding carboxylic acids is 4. The maximum absolute atomic E-state index is 12.0. The van der Waals surface area contributed by atoms with Crippen LogP contribution in [-0.4, -0.2) is 83.2 Å². The normalized spacial score (nSPS) is 17.5. The van der Waals surface area contributed by atoms with Gasteiger partial charge in [0.05, 0.1) is 26.3 Å². The van der Waals surface area contributed by atoms with Gasteiger partial charge >= 0.3 is 11.9 Å². The van der Waals surface area contributed by atoms with E-state index in [-0.39, 0.29) is 50.5 Å². The molecule has 2 aliphatic heterocycles. The van der Waals surface area contributed by atoms with Gasteiger partial charge in [-0.1, -0.05) is 0 Å². The lowest BCUT2D eigenvalue weighted by Crippen LogP contribution is -2.38. The number of aliphatic hydroxyl groups is 2. The number of esters is 2. The zero-order chi connectivity index (χ0) is 19.4. The molecule has 10 nitrogen and oxygen atoms in total. The number of aliphatic hydroxyl groups excluding tert-OH is 2. The minimum Gasteiger partial charge on any atom is -0.503 e. The van der Waals surface area contributed by atoms with Gasteiger partial charge in [-0.15, -0.1) is 0 Å². The summed E-state index contributed by atoms with van der Waals surface area (Å²) >= 11 is 0.